The van der Waals surface area contributed by atoms with Crippen molar-refractivity contribution in [3.63, 3.8) is 0 Å². The lowest BCUT2D eigenvalue weighted by atomic mass is 9.49. The molecule has 25 heavy (non-hydrogen) atoms. The van der Waals surface area contributed by atoms with E-state index in [1.54, 1.807) is 6.07 Å². The third kappa shape index (κ3) is 1.70. The van der Waals surface area contributed by atoms with Crippen LogP contribution in [0.4, 0.5) is 0 Å². The predicted molar refractivity (Wildman–Crippen MR) is 93.2 cm³/mol. The molecule has 1 aromatic carbocycles. The summed E-state index contributed by atoms with van der Waals surface area (Å²) >= 11 is 0. The number of hydrogen-bond donors (Lipinski definition) is 2. The highest BCUT2D eigenvalue weighted by Gasteiger charge is 2.73. The highest BCUT2D eigenvalue weighted by Crippen LogP contribution is 2.64. The Bertz CT molecular complexity index is 818. The van der Waals surface area contributed by atoms with Crippen LogP contribution in [0.5, 0.6) is 11.5 Å². The second-order valence-electron chi connectivity index (χ2n) is 7.45. The Balaban J connectivity index is 0.00000157. The zero-order valence-corrected chi connectivity index (χ0v) is 14.5. The molecule has 2 heterocycles. The molecule has 1 saturated heterocycles. The second kappa shape index (κ2) is 5.14. The van der Waals surface area contributed by atoms with Crippen LogP contribution in [-0.4, -0.2) is 51.7 Å². The van der Waals surface area contributed by atoms with E-state index in [1.165, 1.54) is 0 Å². The Morgan fingerprint density at radius 3 is 2.96 bits per heavy atom. The lowest BCUT2D eigenvalue weighted by Crippen LogP contribution is -2.76. The first kappa shape index (κ1) is 16.7. The minimum Gasteiger partial charge on any atom is -0.504 e. The van der Waals surface area contributed by atoms with E-state index in [2.05, 4.69) is 10.8 Å². The van der Waals surface area contributed by atoms with Crippen LogP contribution in [0, 0.1) is 12.3 Å². The van der Waals surface area contributed by atoms with Crippen molar-refractivity contribution in [2.45, 2.75) is 48.8 Å². The lowest BCUT2D eigenvalue weighted by molar-refractivity contribution is -0.186. The SMILES string of the molecule is C#CCN1CC[C@]23c4c5ccc(O)c4O[C@H]2C(=O)CC[C@@]3(O)[C@H]1C5.Cl. The maximum atomic E-state index is 12.6. The number of rotatable bonds is 1. The van der Waals surface area contributed by atoms with E-state index in [1.807, 2.05) is 6.07 Å². The largest absolute Gasteiger partial charge is 0.504 e. The van der Waals surface area contributed by atoms with Crippen molar-refractivity contribution in [3.05, 3.63) is 23.3 Å². The molecule has 5 nitrogen and oxygen atoms in total. The Labute approximate surface area is 152 Å². The average molecular weight is 362 g/mol. The van der Waals surface area contributed by atoms with Crippen LogP contribution >= 0.6 is 12.4 Å². The van der Waals surface area contributed by atoms with Gasteiger partial charge in [0.2, 0.25) is 0 Å². The fourth-order valence-corrected chi connectivity index (χ4v) is 5.72. The minimum absolute atomic E-state index is 0. The van der Waals surface area contributed by atoms with Gasteiger partial charge in [-0.25, -0.2) is 0 Å². The number of likely N-dealkylation sites (tertiary alicyclic amines) is 1. The standard InChI is InChI=1S/C19H19NO4.ClH/c1-2-8-20-9-7-18-15-11-3-4-12(21)16(15)24-17(18)13(22)5-6-19(18,23)14(20)10-11;/h1,3-4,14,17,21,23H,5-10H2;1H/t14-,17+,18+,19-;/m1./s1. The molecule has 1 saturated carbocycles. The average Bonchev–Trinajstić information content (AvgIpc) is 2.91. The smallest absolute Gasteiger partial charge is 0.174 e. The van der Waals surface area contributed by atoms with Gasteiger partial charge in [-0.3, -0.25) is 9.69 Å². The first-order valence-electron chi connectivity index (χ1n) is 8.47. The molecule has 4 aliphatic rings. The minimum atomic E-state index is -1.05. The molecule has 2 bridgehead atoms. The van der Waals surface area contributed by atoms with Gasteiger partial charge in [-0.15, -0.1) is 18.8 Å². The van der Waals surface area contributed by atoms with E-state index in [-0.39, 0.29) is 30.0 Å². The molecule has 0 unspecified atom stereocenters. The molecule has 5 rings (SSSR count). The number of nitrogens with zero attached hydrogens (tertiary/aromatic N) is 1. The van der Waals surface area contributed by atoms with Crippen molar-refractivity contribution in [2.75, 3.05) is 13.1 Å². The van der Waals surface area contributed by atoms with Gasteiger partial charge in [0.05, 0.1) is 17.6 Å². The highest BCUT2D eigenvalue weighted by atomic mass is 35.5. The van der Waals surface area contributed by atoms with Crippen molar-refractivity contribution in [1.29, 1.82) is 0 Å². The third-order valence-corrected chi connectivity index (χ3v) is 6.66. The van der Waals surface area contributed by atoms with Crippen molar-refractivity contribution in [2.24, 2.45) is 0 Å². The quantitative estimate of drug-likeness (QED) is 0.735. The predicted octanol–water partition coefficient (Wildman–Crippen LogP) is 1.17. The molecule has 2 N–H and O–H groups in total. The van der Waals surface area contributed by atoms with Crippen LogP contribution in [0.3, 0.4) is 0 Å². The Kier molecular flexibility index (Phi) is 3.43. The van der Waals surface area contributed by atoms with Gasteiger partial charge in [0.1, 0.15) is 0 Å². The van der Waals surface area contributed by atoms with Crippen molar-refractivity contribution in [1.82, 2.24) is 4.90 Å². The molecular formula is C19H20ClNO4. The van der Waals surface area contributed by atoms with Crippen LogP contribution in [0.1, 0.15) is 30.4 Å². The number of carbonyl (C=O) groups excluding carboxylic acids is 1. The Morgan fingerprint density at radius 2 is 2.20 bits per heavy atom. The molecule has 0 amide bonds. The summed E-state index contributed by atoms with van der Waals surface area (Å²) in [6.07, 6.45) is 6.82. The fourth-order valence-electron chi connectivity index (χ4n) is 5.72. The molecule has 1 spiro atoms. The van der Waals surface area contributed by atoms with Crippen LogP contribution in [0.15, 0.2) is 12.1 Å². The molecule has 0 aromatic heterocycles. The maximum absolute atomic E-state index is 12.6. The van der Waals surface area contributed by atoms with Gasteiger partial charge >= 0.3 is 0 Å². The Hall–Kier alpha value is -1.74. The molecule has 132 valence electrons. The zero-order chi connectivity index (χ0) is 16.7. The first-order chi connectivity index (χ1) is 11.5. The summed E-state index contributed by atoms with van der Waals surface area (Å²) in [6, 6.07) is 3.40. The topological polar surface area (TPSA) is 70.0 Å². The van der Waals surface area contributed by atoms with Crippen LogP contribution in [-0.2, 0) is 16.6 Å². The highest BCUT2D eigenvalue weighted by molar-refractivity contribution is 5.90. The molecular weight excluding hydrogens is 342 g/mol. The van der Waals surface area contributed by atoms with Gasteiger partial charge in [-0.05, 0) is 30.9 Å². The number of benzene rings is 1. The number of phenols is 1. The number of phenolic OH excluding ortho intramolecular Hbond substituents is 1. The first-order valence-corrected chi connectivity index (χ1v) is 8.47. The van der Waals surface area contributed by atoms with Gasteiger partial charge in [0.15, 0.2) is 23.4 Å². The number of carbonyl (C=O) groups is 1. The van der Waals surface area contributed by atoms with Crippen LogP contribution < -0.4 is 4.74 Å². The summed E-state index contributed by atoms with van der Waals surface area (Å²) in [5.41, 5.74) is 0.114. The molecule has 2 aliphatic carbocycles. The van der Waals surface area contributed by atoms with Gasteiger partial charge in [0.25, 0.3) is 0 Å². The monoisotopic (exact) mass is 361 g/mol. The number of terminal acetylenes is 1. The summed E-state index contributed by atoms with van der Waals surface area (Å²) in [4.78, 5) is 14.8. The molecule has 2 fully saturated rings. The van der Waals surface area contributed by atoms with Crippen molar-refractivity contribution in [3.8, 4) is 23.8 Å². The number of piperidine rings is 1. The van der Waals surface area contributed by atoms with E-state index in [0.717, 1.165) is 17.7 Å². The molecule has 4 atom stereocenters. The van der Waals surface area contributed by atoms with Gasteiger partial charge in [0, 0.05) is 24.6 Å². The zero-order valence-electron chi connectivity index (χ0n) is 13.7. The van der Waals surface area contributed by atoms with Crippen molar-refractivity contribution < 1.29 is 19.7 Å². The molecule has 6 heteroatoms. The third-order valence-electron chi connectivity index (χ3n) is 6.66. The lowest BCUT2D eigenvalue weighted by Gasteiger charge is -2.62. The second-order valence-corrected chi connectivity index (χ2v) is 7.45. The number of ketones is 1. The summed E-state index contributed by atoms with van der Waals surface area (Å²) < 4.78 is 5.96. The number of hydrogen-bond acceptors (Lipinski definition) is 5. The van der Waals surface area contributed by atoms with Gasteiger partial charge < -0.3 is 14.9 Å². The molecule has 0 radical (unpaired) electrons. The van der Waals surface area contributed by atoms with E-state index >= 15 is 0 Å². The number of aromatic hydroxyl groups is 1. The number of aliphatic hydroxyl groups is 1. The van der Waals surface area contributed by atoms with Gasteiger partial charge in [-0.1, -0.05) is 12.0 Å². The summed E-state index contributed by atoms with van der Waals surface area (Å²) in [5, 5.41) is 22.1. The van der Waals surface area contributed by atoms with E-state index in [0.29, 0.717) is 38.0 Å². The maximum Gasteiger partial charge on any atom is 0.174 e. The Morgan fingerprint density at radius 1 is 1.40 bits per heavy atom. The van der Waals surface area contributed by atoms with Gasteiger partial charge in [-0.2, -0.15) is 0 Å². The molecule has 2 aliphatic heterocycles. The number of halogens is 1. The summed E-state index contributed by atoms with van der Waals surface area (Å²) in [6.45, 7) is 1.21. The van der Waals surface area contributed by atoms with Crippen LogP contribution in [0.2, 0.25) is 0 Å². The number of Topliss-reactive ketones (excluding diaryl/α,β-unsaturated/α-hetero) is 1. The normalized spacial score (nSPS) is 37.5. The summed E-state index contributed by atoms with van der Waals surface area (Å²) in [7, 11) is 0. The van der Waals surface area contributed by atoms with E-state index < -0.39 is 17.1 Å². The fraction of sp³-hybridized carbons (Fsp3) is 0.526. The van der Waals surface area contributed by atoms with Crippen LogP contribution in [0.25, 0.3) is 0 Å². The van der Waals surface area contributed by atoms with Crippen molar-refractivity contribution >= 4 is 18.2 Å². The van der Waals surface area contributed by atoms with E-state index in [9.17, 15) is 15.0 Å². The number of ether oxygens (including phenoxy) is 1. The van der Waals surface area contributed by atoms with E-state index in [4.69, 9.17) is 11.2 Å². The summed E-state index contributed by atoms with van der Waals surface area (Å²) in [5.74, 6) is 3.17. The molecule has 1 aromatic rings.